The minimum atomic E-state index is -0.838. The average Bonchev–Trinajstić information content (AvgIpc) is 2.28. The molecule has 0 aromatic heterocycles. The zero-order valence-electron chi connectivity index (χ0n) is 9.75. The molecule has 0 saturated heterocycles. The van der Waals surface area contributed by atoms with E-state index < -0.39 is 12.8 Å². The van der Waals surface area contributed by atoms with Crippen molar-refractivity contribution in [1.29, 1.82) is 0 Å². The normalized spacial score (nSPS) is 29.4. The summed E-state index contributed by atoms with van der Waals surface area (Å²) < 4.78 is 12.2. The summed E-state index contributed by atoms with van der Waals surface area (Å²) in [6.45, 7) is -0.222. The van der Waals surface area contributed by atoms with E-state index in [0.29, 0.717) is 18.6 Å². The van der Waals surface area contributed by atoms with E-state index in [0.717, 1.165) is 6.42 Å². The molecule has 0 amide bonds. The number of alkyl halides is 1. The third-order valence-corrected chi connectivity index (χ3v) is 3.34. The zero-order valence-corrected chi connectivity index (χ0v) is 9.75. The van der Waals surface area contributed by atoms with Crippen LogP contribution in [0.2, 0.25) is 0 Å². The Morgan fingerprint density at radius 1 is 1.47 bits per heavy atom. The summed E-state index contributed by atoms with van der Waals surface area (Å²) in [6, 6.07) is 0.917. The van der Waals surface area contributed by atoms with Gasteiger partial charge in [0.25, 0.3) is 0 Å². The molecule has 0 aromatic carbocycles. The van der Waals surface area contributed by atoms with Crippen LogP contribution < -0.4 is 5.32 Å². The molecule has 1 saturated carbocycles. The molecule has 1 aliphatic rings. The minimum absolute atomic E-state index is 0.430. The quantitative estimate of drug-likeness (QED) is 0.716. The molecule has 3 nitrogen and oxygen atoms in total. The topological polar surface area (TPSA) is 35.5 Å². The Morgan fingerprint density at radius 3 is 2.73 bits per heavy atom. The second-order valence-corrected chi connectivity index (χ2v) is 4.49. The highest BCUT2D eigenvalue weighted by atomic mass is 19.1. The van der Waals surface area contributed by atoms with E-state index in [-0.39, 0.29) is 0 Å². The van der Waals surface area contributed by atoms with Crippen molar-refractivity contribution in [2.75, 3.05) is 27.3 Å². The van der Waals surface area contributed by atoms with Gasteiger partial charge in [-0.2, -0.15) is 0 Å². The number of hydrogen-bond acceptors (Lipinski definition) is 3. The molecule has 1 unspecified atom stereocenters. The van der Waals surface area contributed by atoms with Gasteiger partial charge in [-0.05, 0) is 26.9 Å². The van der Waals surface area contributed by atoms with Crippen LogP contribution in [-0.4, -0.2) is 55.5 Å². The van der Waals surface area contributed by atoms with Gasteiger partial charge in [0, 0.05) is 18.6 Å². The highest BCUT2D eigenvalue weighted by Crippen LogP contribution is 2.22. The van der Waals surface area contributed by atoms with Crippen LogP contribution in [-0.2, 0) is 0 Å². The number of nitrogens with zero attached hydrogens (tertiary/aromatic N) is 1. The second-order valence-electron chi connectivity index (χ2n) is 4.49. The molecule has 0 bridgehead atoms. The minimum Gasteiger partial charge on any atom is -0.389 e. The lowest BCUT2D eigenvalue weighted by molar-refractivity contribution is 0.0637. The first-order chi connectivity index (χ1) is 7.19. The Morgan fingerprint density at radius 2 is 2.13 bits per heavy atom. The molecule has 1 aliphatic carbocycles. The highest BCUT2D eigenvalue weighted by molar-refractivity contribution is 4.86. The molecule has 1 rings (SSSR count). The second kappa shape index (κ2) is 6.40. The molecule has 90 valence electrons. The average molecular weight is 218 g/mol. The van der Waals surface area contributed by atoms with Crippen molar-refractivity contribution in [3.05, 3.63) is 0 Å². The van der Waals surface area contributed by atoms with Gasteiger partial charge < -0.3 is 10.4 Å². The van der Waals surface area contributed by atoms with Crippen LogP contribution in [0, 0.1) is 0 Å². The molecule has 15 heavy (non-hydrogen) atoms. The van der Waals surface area contributed by atoms with Crippen molar-refractivity contribution >= 4 is 0 Å². The third kappa shape index (κ3) is 3.70. The van der Waals surface area contributed by atoms with Gasteiger partial charge in [0.1, 0.15) is 6.67 Å². The molecular weight excluding hydrogens is 195 g/mol. The van der Waals surface area contributed by atoms with Crippen LogP contribution in [0.15, 0.2) is 0 Å². The van der Waals surface area contributed by atoms with Crippen LogP contribution >= 0.6 is 0 Å². The maximum absolute atomic E-state index is 12.2. The first kappa shape index (κ1) is 12.9. The maximum Gasteiger partial charge on any atom is 0.117 e. The predicted octanol–water partition coefficient (Wildman–Crippen LogP) is 0.779. The van der Waals surface area contributed by atoms with E-state index in [1.165, 1.54) is 19.3 Å². The summed E-state index contributed by atoms with van der Waals surface area (Å²) >= 11 is 0. The van der Waals surface area contributed by atoms with Crippen molar-refractivity contribution in [3.63, 3.8) is 0 Å². The standard InChI is InChI=1S/C11H23FN2O/c1-13-10-5-3-4-6-11(10)14(2)8-9(15)7-12/h9-11,13,15H,3-8H2,1-2H3/t9?,10-,11-/m0/s1. The summed E-state index contributed by atoms with van der Waals surface area (Å²) in [6.07, 6.45) is 3.98. The van der Waals surface area contributed by atoms with Gasteiger partial charge in [0.05, 0.1) is 6.10 Å². The number of hydrogen-bond donors (Lipinski definition) is 2. The largest absolute Gasteiger partial charge is 0.389 e. The maximum atomic E-state index is 12.2. The number of halogens is 1. The summed E-state index contributed by atoms with van der Waals surface area (Å²) in [7, 11) is 3.95. The lowest BCUT2D eigenvalue weighted by atomic mass is 9.89. The van der Waals surface area contributed by atoms with E-state index in [1.807, 2.05) is 14.1 Å². The molecule has 2 N–H and O–H groups in total. The number of aliphatic hydroxyl groups excluding tert-OH is 1. The molecule has 3 atom stereocenters. The molecule has 1 fully saturated rings. The lowest BCUT2D eigenvalue weighted by Gasteiger charge is -2.38. The summed E-state index contributed by atoms with van der Waals surface area (Å²) in [5.41, 5.74) is 0. The monoisotopic (exact) mass is 218 g/mol. The van der Waals surface area contributed by atoms with Gasteiger partial charge in [0.2, 0.25) is 0 Å². The van der Waals surface area contributed by atoms with Crippen molar-refractivity contribution < 1.29 is 9.50 Å². The van der Waals surface area contributed by atoms with Gasteiger partial charge >= 0.3 is 0 Å². The van der Waals surface area contributed by atoms with Crippen LogP contribution in [0.4, 0.5) is 4.39 Å². The van der Waals surface area contributed by atoms with Crippen LogP contribution in [0.1, 0.15) is 25.7 Å². The van der Waals surface area contributed by atoms with Gasteiger partial charge in [-0.1, -0.05) is 12.8 Å². The van der Waals surface area contributed by atoms with Crippen molar-refractivity contribution in [3.8, 4) is 0 Å². The van der Waals surface area contributed by atoms with Crippen LogP contribution in [0.25, 0.3) is 0 Å². The smallest absolute Gasteiger partial charge is 0.117 e. The Hall–Kier alpha value is -0.190. The van der Waals surface area contributed by atoms with Crippen molar-refractivity contribution in [2.45, 2.75) is 43.9 Å². The first-order valence-corrected chi connectivity index (χ1v) is 5.80. The van der Waals surface area contributed by atoms with E-state index in [2.05, 4.69) is 10.2 Å². The SMILES string of the molecule is CN[C@H]1CCCC[C@@H]1N(C)CC(O)CF. The molecule has 0 radical (unpaired) electrons. The van der Waals surface area contributed by atoms with Gasteiger partial charge in [-0.3, -0.25) is 4.90 Å². The van der Waals surface area contributed by atoms with Crippen molar-refractivity contribution in [1.82, 2.24) is 10.2 Å². The first-order valence-electron chi connectivity index (χ1n) is 5.80. The Bertz CT molecular complexity index is 180. The fourth-order valence-corrected chi connectivity index (χ4v) is 2.49. The number of likely N-dealkylation sites (N-methyl/N-ethyl adjacent to an activating group) is 2. The summed E-state index contributed by atoms with van der Waals surface area (Å²) in [4.78, 5) is 2.09. The zero-order chi connectivity index (χ0) is 11.3. The number of aliphatic hydroxyl groups is 1. The molecule has 0 aliphatic heterocycles. The fraction of sp³-hybridized carbons (Fsp3) is 1.00. The number of rotatable bonds is 5. The molecule has 0 aromatic rings. The summed E-state index contributed by atoms with van der Waals surface area (Å²) in [5, 5.41) is 12.6. The molecule has 0 heterocycles. The number of nitrogens with one attached hydrogen (secondary N) is 1. The van der Waals surface area contributed by atoms with Crippen LogP contribution in [0.5, 0.6) is 0 Å². The molecular formula is C11H23FN2O. The van der Waals surface area contributed by atoms with Crippen molar-refractivity contribution in [2.24, 2.45) is 0 Å². The van der Waals surface area contributed by atoms with Gasteiger partial charge in [-0.15, -0.1) is 0 Å². The van der Waals surface area contributed by atoms with E-state index in [1.54, 1.807) is 0 Å². The highest BCUT2D eigenvalue weighted by Gasteiger charge is 2.27. The molecule has 0 spiro atoms. The lowest BCUT2D eigenvalue weighted by Crippen LogP contribution is -2.51. The van der Waals surface area contributed by atoms with Gasteiger partial charge in [-0.25, -0.2) is 4.39 Å². The van der Waals surface area contributed by atoms with Crippen LogP contribution in [0.3, 0.4) is 0 Å². The Kier molecular flexibility index (Phi) is 5.50. The van der Waals surface area contributed by atoms with E-state index in [4.69, 9.17) is 0 Å². The fourth-order valence-electron chi connectivity index (χ4n) is 2.49. The third-order valence-electron chi connectivity index (χ3n) is 3.34. The Balaban J connectivity index is 2.44. The van der Waals surface area contributed by atoms with E-state index in [9.17, 15) is 9.50 Å². The van der Waals surface area contributed by atoms with Gasteiger partial charge in [0.15, 0.2) is 0 Å². The Labute approximate surface area is 91.7 Å². The summed E-state index contributed by atoms with van der Waals surface area (Å²) in [5.74, 6) is 0. The van der Waals surface area contributed by atoms with E-state index >= 15 is 0 Å². The molecule has 4 heteroatoms. The predicted molar refractivity (Wildman–Crippen MR) is 59.7 cm³/mol.